The number of para-hydroxylation sites is 1. The SMILES string of the molecule is COc1cccc(/C=N\NC(=O)C(=O)NCc2ccc3c(c2)OCO3)c1OCC(=O)NCc1ccccc1. The van der Waals surface area contributed by atoms with E-state index in [4.69, 9.17) is 18.9 Å². The van der Waals surface area contributed by atoms with Crippen molar-refractivity contribution in [1.29, 1.82) is 0 Å². The van der Waals surface area contributed by atoms with Crippen LogP contribution in [0.25, 0.3) is 0 Å². The highest BCUT2D eigenvalue weighted by molar-refractivity contribution is 6.35. The van der Waals surface area contributed by atoms with Crippen molar-refractivity contribution in [3.05, 3.63) is 83.4 Å². The number of amides is 3. The Morgan fingerprint density at radius 2 is 1.68 bits per heavy atom. The van der Waals surface area contributed by atoms with Gasteiger partial charge in [-0.1, -0.05) is 42.5 Å². The number of hydrogen-bond donors (Lipinski definition) is 3. The largest absolute Gasteiger partial charge is 0.493 e. The Balaban J connectivity index is 1.29. The molecule has 1 aliphatic heterocycles. The predicted octanol–water partition coefficient (Wildman–Crippen LogP) is 1.89. The molecule has 0 radical (unpaired) electrons. The van der Waals surface area contributed by atoms with Crippen LogP contribution < -0.4 is 35.0 Å². The number of rotatable bonds is 10. The third kappa shape index (κ3) is 7.00. The molecule has 3 amide bonds. The maximum absolute atomic E-state index is 12.3. The molecule has 11 nitrogen and oxygen atoms in total. The van der Waals surface area contributed by atoms with Crippen LogP contribution in [0.15, 0.2) is 71.8 Å². The van der Waals surface area contributed by atoms with E-state index in [1.807, 2.05) is 30.3 Å². The summed E-state index contributed by atoms with van der Waals surface area (Å²) in [6.07, 6.45) is 1.29. The fourth-order valence-electron chi connectivity index (χ4n) is 3.46. The molecule has 4 rings (SSSR count). The van der Waals surface area contributed by atoms with Crippen LogP contribution in [0.2, 0.25) is 0 Å². The zero-order valence-electron chi connectivity index (χ0n) is 20.6. The van der Waals surface area contributed by atoms with Crippen LogP contribution in [0.1, 0.15) is 16.7 Å². The van der Waals surface area contributed by atoms with Gasteiger partial charge in [-0.05, 0) is 35.4 Å². The van der Waals surface area contributed by atoms with Crippen LogP contribution >= 0.6 is 0 Å². The summed E-state index contributed by atoms with van der Waals surface area (Å²) >= 11 is 0. The Labute approximate surface area is 218 Å². The molecule has 0 unspecified atom stereocenters. The molecule has 0 spiro atoms. The highest BCUT2D eigenvalue weighted by Gasteiger charge is 2.16. The van der Waals surface area contributed by atoms with Crippen molar-refractivity contribution < 1.29 is 33.3 Å². The lowest BCUT2D eigenvalue weighted by Gasteiger charge is -2.13. The van der Waals surface area contributed by atoms with Crippen LogP contribution in [-0.2, 0) is 27.5 Å². The Morgan fingerprint density at radius 3 is 2.50 bits per heavy atom. The minimum atomic E-state index is -0.951. The molecule has 0 aliphatic carbocycles. The van der Waals surface area contributed by atoms with Gasteiger partial charge in [0.25, 0.3) is 5.91 Å². The number of hydrogen-bond acceptors (Lipinski definition) is 8. The molecule has 0 saturated heterocycles. The number of ether oxygens (including phenoxy) is 4. The number of carbonyl (C=O) groups is 3. The first-order valence-corrected chi connectivity index (χ1v) is 11.6. The van der Waals surface area contributed by atoms with Gasteiger partial charge < -0.3 is 29.6 Å². The molecule has 38 heavy (non-hydrogen) atoms. The standard InChI is InChI=1S/C27H26N4O7/c1-35-22-9-5-8-20(25(22)36-16-24(32)28-13-18-6-3-2-4-7-18)15-30-31-27(34)26(33)29-14-19-10-11-21-23(12-19)38-17-37-21/h2-12,15H,13-14,16-17H2,1H3,(H,28,32)(H,29,33)(H,31,34)/b30-15-. The number of hydrazone groups is 1. The number of benzene rings is 3. The van der Waals surface area contributed by atoms with Crippen molar-refractivity contribution >= 4 is 23.9 Å². The Kier molecular flexibility index (Phi) is 8.74. The summed E-state index contributed by atoms with van der Waals surface area (Å²) in [6, 6.07) is 19.7. The fourth-order valence-corrected chi connectivity index (χ4v) is 3.46. The Morgan fingerprint density at radius 1 is 0.895 bits per heavy atom. The van der Waals surface area contributed by atoms with E-state index < -0.39 is 11.8 Å². The topological polar surface area (TPSA) is 137 Å². The van der Waals surface area contributed by atoms with E-state index in [1.165, 1.54) is 13.3 Å². The molecule has 0 fully saturated rings. The molecule has 0 saturated carbocycles. The maximum Gasteiger partial charge on any atom is 0.329 e. The number of nitrogens with zero attached hydrogens (tertiary/aromatic N) is 1. The van der Waals surface area contributed by atoms with Crippen LogP contribution in [0.4, 0.5) is 0 Å². The lowest BCUT2D eigenvalue weighted by atomic mass is 10.2. The molecule has 196 valence electrons. The van der Waals surface area contributed by atoms with Gasteiger partial charge in [0.1, 0.15) is 0 Å². The van der Waals surface area contributed by atoms with Gasteiger partial charge in [-0.25, -0.2) is 5.43 Å². The van der Waals surface area contributed by atoms with E-state index in [0.29, 0.717) is 29.4 Å². The first-order valence-electron chi connectivity index (χ1n) is 11.6. The highest BCUT2D eigenvalue weighted by atomic mass is 16.7. The van der Waals surface area contributed by atoms with Crippen LogP contribution in [0.5, 0.6) is 23.0 Å². The van der Waals surface area contributed by atoms with E-state index >= 15 is 0 Å². The van der Waals surface area contributed by atoms with Crippen LogP contribution in [0, 0.1) is 0 Å². The van der Waals surface area contributed by atoms with Gasteiger partial charge in [-0.2, -0.15) is 5.10 Å². The third-order valence-corrected chi connectivity index (χ3v) is 5.38. The van der Waals surface area contributed by atoms with Crippen molar-refractivity contribution in [3.63, 3.8) is 0 Å². The Hall–Kier alpha value is -5.06. The summed E-state index contributed by atoms with van der Waals surface area (Å²) in [5.74, 6) is -0.302. The number of nitrogens with one attached hydrogen (secondary N) is 3. The molecule has 1 heterocycles. The van der Waals surface area contributed by atoms with Crippen molar-refractivity contribution in [2.75, 3.05) is 20.5 Å². The van der Waals surface area contributed by atoms with Crippen molar-refractivity contribution in [2.45, 2.75) is 13.1 Å². The molecular formula is C27H26N4O7. The fraction of sp³-hybridized carbons (Fsp3) is 0.185. The van der Waals surface area contributed by atoms with Gasteiger partial charge in [0, 0.05) is 18.7 Å². The summed E-state index contributed by atoms with van der Waals surface area (Å²) in [5, 5.41) is 9.14. The third-order valence-electron chi connectivity index (χ3n) is 5.38. The van der Waals surface area contributed by atoms with E-state index in [-0.39, 0.29) is 31.6 Å². The van der Waals surface area contributed by atoms with Crippen LogP contribution in [-0.4, -0.2) is 44.4 Å². The lowest BCUT2D eigenvalue weighted by Crippen LogP contribution is -2.37. The molecular weight excluding hydrogens is 492 g/mol. The van der Waals surface area contributed by atoms with Gasteiger partial charge in [-0.3, -0.25) is 14.4 Å². The zero-order chi connectivity index (χ0) is 26.7. The quantitative estimate of drug-likeness (QED) is 0.212. The highest BCUT2D eigenvalue weighted by Crippen LogP contribution is 2.32. The van der Waals surface area contributed by atoms with Crippen molar-refractivity contribution in [1.82, 2.24) is 16.1 Å². The molecule has 0 bridgehead atoms. The number of fused-ring (bicyclic) bond motifs is 1. The van der Waals surface area contributed by atoms with E-state index in [1.54, 1.807) is 36.4 Å². The monoisotopic (exact) mass is 518 g/mol. The summed E-state index contributed by atoms with van der Waals surface area (Å²) in [7, 11) is 1.46. The van der Waals surface area contributed by atoms with Gasteiger partial charge in [0.15, 0.2) is 29.6 Å². The normalized spacial score (nSPS) is 11.6. The summed E-state index contributed by atoms with van der Waals surface area (Å²) in [5.41, 5.74) is 4.31. The van der Waals surface area contributed by atoms with Crippen LogP contribution in [0.3, 0.4) is 0 Å². The van der Waals surface area contributed by atoms with Crippen molar-refractivity contribution in [3.8, 4) is 23.0 Å². The van der Waals surface area contributed by atoms with Gasteiger partial charge >= 0.3 is 11.8 Å². The smallest absolute Gasteiger partial charge is 0.329 e. The second kappa shape index (κ2) is 12.8. The average Bonchev–Trinajstić information content (AvgIpc) is 3.42. The predicted molar refractivity (Wildman–Crippen MR) is 137 cm³/mol. The first kappa shape index (κ1) is 26.0. The summed E-state index contributed by atoms with van der Waals surface area (Å²) < 4.78 is 21.6. The Bertz CT molecular complexity index is 1330. The maximum atomic E-state index is 12.3. The van der Waals surface area contributed by atoms with Gasteiger partial charge in [0.05, 0.1) is 13.3 Å². The molecule has 1 aliphatic rings. The number of carbonyl (C=O) groups excluding carboxylic acids is 3. The van der Waals surface area contributed by atoms with Gasteiger partial charge in [0.2, 0.25) is 6.79 Å². The molecule has 3 aromatic carbocycles. The summed E-state index contributed by atoms with van der Waals surface area (Å²) in [4.78, 5) is 36.6. The van der Waals surface area contributed by atoms with E-state index in [0.717, 1.165) is 11.1 Å². The lowest BCUT2D eigenvalue weighted by molar-refractivity contribution is -0.139. The molecule has 0 aromatic heterocycles. The van der Waals surface area contributed by atoms with E-state index in [9.17, 15) is 14.4 Å². The van der Waals surface area contributed by atoms with Crippen molar-refractivity contribution in [2.24, 2.45) is 5.10 Å². The summed E-state index contributed by atoms with van der Waals surface area (Å²) in [6.45, 7) is 0.370. The minimum absolute atomic E-state index is 0.118. The second-order valence-electron chi connectivity index (χ2n) is 8.00. The molecule has 3 aromatic rings. The zero-order valence-corrected chi connectivity index (χ0v) is 20.6. The number of methoxy groups -OCH3 is 1. The minimum Gasteiger partial charge on any atom is -0.493 e. The average molecular weight is 519 g/mol. The van der Waals surface area contributed by atoms with E-state index in [2.05, 4.69) is 21.2 Å². The molecule has 0 atom stereocenters. The molecule has 3 N–H and O–H groups in total. The van der Waals surface area contributed by atoms with Gasteiger partial charge in [-0.15, -0.1) is 0 Å². The molecule has 11 heteroatoms. The second-order valence-corrected chi connectivity index (χ2v) is 8.00. The first-order chi connectivity index (χ1) is 18.5.